The highest BCUT2D eigenvalue weighted by molar-refractivity contribution is 7.14. The van der Waals surface area contributed by atoms with E-state index in [9.17, 15) is 4.79 Å². The van der Waals surface area contributed by atoms with Gasteiger partial charge in [-0.1, -0.05) is 23.2 Å². The Morgan fingerprint density at radius 3 is 2.79 bits per heavy atom. The second kappa shape index (κ2) is 5.88. The molecule has 100 valence electrons. The summed E-state index contributed by atoms with van der Waals surface area (Å²) < 4.78 is 0. The van der Waals surface area contributed by atoms with Crippen molar-refractivity contribution in [3.8, 4) is 0 Å². The number of thiazole rings is 1. The molecule has 0 aliphatic rings. The molecule has 0 radical (unpaired) electrons. The van der Waals surface area contributed by atoms with Crippen molar-refractivity contribution in [3.05, 3.63) is 44.9 Å². The van der Waals surface area contributed by atoms with Gasteiger partial charge in [0, 0.05) is 16.4 Å². The molecule has 1 unspecified atom stereocenters. The zero-order chi connectivity index (χ0) is 14.0. The van der Waals surface area contributed by atoms with Crippen molar-refractivity contribution in [3.63, 3.8) is 0 Å². The summed E-state index contributed by atoms with van der Waals surface area (Å²) in [5, 5.41) is 5.76. The van der Waals surface area contributed by atoms with E-state index in [0.29, 0.717) is 20.7 Å². The summed E-state index contributed by atoms with van der Waals surface area (Å²) in [5.74, 6) is -0.327. The van der Waals surface area contributed by atoms with E-state index < -0.39 is 0 Å². The van der Waals surface area contributed by atoms with Crippen molar-refractivity contribution in [2.45, 2.75) is 13.0 Å². The zero-order valence-corrected chi connectivity index (χ0v) is 12.3. The lowest BCUT2D eigenvalue weighted by molar-refractivity contribution is 0.102. The van der Waals surface area contributed by atoms with Gasteiger partial charge >= 0.3 is 0 Å². The third kappa shape index (κ3) is 3.45. The molecule has 1 amide bonds. The van der Waals surface area contributed by atoms with E-state index in [-0.39, 0.29) is 11.9 Å². The van der Waals surface area contributed by atoms with Gasteiger partial charge in [-0.15, -0.1) is 11.3 Å². The van der Waals surface area contributed by atoms with Gasteiger partial charge in [-0.25, -0.2) is 4.98 Å². The maximum atomic E-state index is 12.0. The van der Waals surface area contributed by atoms with E-state index in [1.165, 1.54) is 17.4 Å². The van der Waals surface area contributed by atoms with Crippen LogP contribution >= 0.6 is 34.5 Å². The first-order valence-corrected chi connectivity index (χ1v) is 7.08. The molecular formula is C12H11Cl2N3OS. The zero-order valence-electron chi connectivity index (χ0n) is 9.98. The van der Waals surface area contributed by atoms with Crippen LogP contribution in [-0.2, 0) is 0 Å². The van der Waals surface area contributed by atoms with Gasteiger partial charge in [-0.05, 0) is 25.1 Å². The molecule has 0 bridgehead atoms. The molecule has 2 rings (SSSR count). The summed E-state index contributed by atoms with van der Waals surface area (Å²) >= 11 is 13.1. The van der Waals surface area contributed by atoms with Crippen molar-refractivity contribution >= 4 is 45.6 Å². The molecule has 1 heterocycles. The van der Waals surface area contributed by atoms with E-state index in [0.717, 1.165) is 5.69 Å². The lowest BCUT2D eigenvalue weighted by Gasteiger charge is -2.04. The maximum absolute atomic E-state index is 12.0. The summed E-state index contributed by atoms with van der Waals surface area (Å²) in [6, 6.07) is 4.53. The quantitative estimate of drug-likeness (QED) is 0.907. The molecule has 0 saturated heterocycles. The summed E-state index contributed by atoms with van der Waals surface area (Å²) in [4.78, 5) is 16.2. The molecule has 7 heteroatoms. The van der Waals surface area contributed by atoms with Gasteiger partial charge in [0.05, 0.1) is 16.3 Å². The summed E-state index contributed by atoms with van der Waals surface area (Å²) in [6.45, 7) is 1.83. The van der Waals surface area contributed by atoms with Gasteiger partial charge in [0.2, 0.25) is 0 Å². The second-order valence-corrected chi connectivity index (χ2v) is 5.65. The molecule has 0 saturated carbocycles. The SMILES string of the molecule is CC(N)c1csc(NC(=O)c2ccc(Cl)cc2Cl)n1. The van der Waals surface area contributed by atoms with Gasteiger partial charge in [0.15, 0.2) is 5.13 Å². The Hall–Kier alpha value is -1.14. The predicted octanol–water partition coefficient (Wildman–Crippen LogP) is 3.72. The van der Waals surface area contributed by atoms with Crippen LogP contribution in [0.4, 0.5) is 5.13 Å². The summed E-state index contributed by atoms with van der Waals surface area (Å²) in [5.41, 5.74) is 6.79. The van der Waals surface area contributed by atoms with Gasteiger partial charge in [-0.3, -0.25) is 10.1 Å². The van der Waals surface area contributed by atoms with Crippen molar-refractivity contribution in [2.24, 2.45) is 5.73 Å². The van der Waals surface area contributed by atoms with E-state index in [4.69, 9.17) is 28.9 Å². The predicted molar refractivity (Wildman–Crippen MR) is 79.1 cm³/mol. The number of amides is 1. The lowest BCUT2D eigenvalue weighted by atomic mass is 10.2. The fourth-order valence-electron chi connectivity index (χ4n) is 1.39. The maximum Gasteiger partial charge on any atom is 0.258 e. The number of hydrogen-bond acceptors (Lipinski definition) is 4. The molecule has 1 aromatic heterocycles. The highest BCUT2D eigenvalue weighted by Gasteiger charge is 2.13. The van der Waals surface area contributed by atoms with E-state index in [1.54, 1.807) is 12.1 Å². The number of nitrogens with zero attached hydrogens (tertiary/aromatic N) is 1. The average Bonchev–Trinajstić information content (AvgIpc) is 2.77. The fraction of sp³-hybridized carbons (Fsp3) is 0.167. The highest BCUT2D eigenvalue weighted by atomic mass is 35.5. The summed E-state index contributed by atoms with van der Waals surface area (Å²) in [7, 11) is 0. The first kappa shape index (κ1) is 14.3. The lowest BCUT2D eigenvalue weighted by Crippen LogP contribution is -2.13. The number of anilines is 1. The number of benzene rings is 1. The van der Waals surface area contributed by atoms with Crippen LogP contribution in [0.3, 0.4) is 0 Å². The fourth-order valence-corrected chi connectivity index (χ4v) is 2.69. The molecule has 1 atom stereocenters. The normalized spacial score (nSPS) is 12.2. The molecule has 0 aliphatic heterocycles. The number of carbonyl (C=O) groups excluding carboxylic acids is 1. The molecule has 0 aliphatic carbocycles. The van der Waals surface area contributed by atoms with Gasteiger partial charge < -0.3 is 5.73 Å². The van der Waals surface area contributed by atoms with Crippen LogP contribution in [0.2, 0.25) is 10.0 Å². The molecular weight excluding hydrogens is 305 g/mol. The number of nitrogens with two attached hydrogens (primary N) is 1. The van der Waals surface area contributed by atoms with Crippen LogP contribution in [0.5, 0.6) is 0 Å². The molecule has 19 heavy (non-hydrogen) atoms. The third-order valence-corrected chi connectivity index (χ3v) is 3.71. The minimum absolute atomic E-state index is 0.166. The van der Waals surface area contributed by atoms with Gasteiger partial charge in [-0.2, -0.15) is 0 Å². The Bertz CT molecular complexity index is 613. The first-order chi connectivity index (χ1) is 8.97. The van der Waals surface area contributed by atoms with Crippen LogP contribution in [-0.4, -0.2) is 10.9 Å². The molecule has 0 fully saturated rings. The molecule has 0 spiro atoms. The summed E-state index contributed by atoms with van der Waals surface area (Å²) in [6.07, 6.45) is 0. The van der Waals surface area contributed by atoms with E-state index in [2.05, 4.69) is 10.3 Å². The van der Waals surface area contributed by atoms with Gasteiger partial charge in [0.25, 0.3) is 5.91 Å². The smallest absolute Gasteiger partial charge is 0.258 e. The number of carbonyl (C=O) groups is 1. The van der Waals surface area contributed by atoms with Crippen LogP contribution in [0.15, 0.2) is 23.6 Å². The Morgan fingerprint density at radius 2 is 2.21 bits per heavy atom. The van der Waals surface area contributed by atoms with Crippen LogP contribution in [0.1, 0.15) is 29.0 Å². The standard InChI is InChI=1S/C12H11Cl2N3OS/c1-6(15)10-5-19-12(16-10)17-11(18)8-3-2-7(13)4-9(8)14/h2-6H,15H2,1H3,(H,16,17,18). The van der Waals surface area contributed by atoms with E-state index in [1.807, 2.05) is 12.3 Å². The third-order valence-electron chi connectivity index (χ3n) is 2.38. The second-order valence-electron chi connectivity index (χ2n) is 3.94. The van der Waals surface area contributed by atoms with Gasteiger partial charge in [0.1, 0.15) is 0 Å². The van der Waals surface area contributed by atoms with Crippen molar-refractivity contribution in [2.75, 3.05) is 5.32 Å². The largest absolute Gasteiger partial charge is 0.323 e. The van der Waals surface area contributed by atoms with Crippen LogP contribution in [0.25, 0.3) is 0 Å². The number of halogens is 2. The Morgan fingerprint density at radius 1 is 1.47 bits per heavy atom. The van der Waals surface area contributed by atoms with Crippen LogP contribution in [0, 0.1) is 0 Å². The molecule has 1 aromatic carbocycles. The molecule has 2 aromatic rings. The topological polar surface area (TPSA) is 68.0 Å². The average molecular weight is 316 g/mol. The molecule has 4 nitrogen and oxygen atoms in total. The number of nitrogens with one attached hydrogen (secondary N) is 1. The van der Waals surface area contributed by atoms with Crippen molar-refractivity contribution < 1.29 is 4.79 Å². The minimum Gasteiger partial charge on any atom is -0.323 e. The Kier molecular flexibility index (Phi) is 4.42. The highest BCUT2D eigenvalue weighted by Crippen LogP contribution is 2.24. The number of aromatic nitrogens is 1. The van der Waals surface area contributed by atoms with E-state index >= 15 is 0 Å². The first-order valence-electron chi connectivity index (χ1n) is 5.45. The van der Waals surface area contributed by atoms with Crippen molar-refractivity contribution in [1.29, 1.82) is 0 Å². The van der Waals surface area contributed by atoms with Crippen LogP contribution < -0.4 is 11.1 Å². The van der Waals surface area contributed by atoms with Crippen molar-refractivity contribution in [1.82, 2.24) is 4.98 Å². The Labute approximate surface area is 124 Å². The Balaban J connectivity index is 2.16. The number of hydrogen-bond donors (Lipinski definition) is 2. The monoisotopic (exact) mass is 315 g/mol. The molecule has 3 N–H and O–H groups in total. The minimum atomic E-state index is -0.327. The number of rotatable bonds is 3.